The summed E-state index contributed by atoms with van der Waals surface area (Å²) in [6, 6.07) is 8.82. The van der Waals surface area contributed by atoms with E-state index < -0.39 is 11.5 Å². The van der Waals surface area contributed by atoms with E-state index in [0.29, 0.717) is 18.9 Å². The molecule has 2 saturated heterocycles. The number of aromatic amines is 1. The lowest BCUT2D eigenvalue weighted by Crippen LogP contribution is -2.58. The number of aromatic nitrogens is 1. The number of carbonyl (C=O) groups is 2. The quantitative estimate of drug-likeness (QED) is 0.737. The fourth-order valence-corrected chi connectivity index (χ4v) is 5.35. The average molecular weight is 414 g/mol. The Kier molecular flexibility index (Phi) is 5.84. The molecule has 30 heavy (non-hydrogen) atoms. The van der Waals surface area contributed by atoms with E-state index in [9.17, 15) is 9.59 Å². The summed E-state index contributed by atoms with van der Waals surface area (Å²) in [6.45, 7) is 3.92. The van der Waals surface area contributed by atoms with Gasteiger partial charge in [-0.05, 0) is 44.2 Å². The normalized spacial score (nSPS) is 22.7. The first-order chi connectivity index (χ1) is 14.5. The molecule has 2 fully saturated rings. The Morgan fingerprint density at radius 2 is 2.00 bits per heavy atom. The molecule has 162 valence electrons. The van der Waals surface area contributed by atoms with Gasteiger partial charge in [-0.25, -0.2) is 5.06 Å². The summed E-state index contributed by atoms with van der Waals surface area (Å²) in [6.07, 6.45) is 5.77. The van der Waals surface area contributed by atoms with E-state index in [1.54, 1.807) is 0 Å². The summed E-state index contributed by atoms with van der Waals surface area (Å²) in [5.41, 5.74) is 1.94. The molecule has 2 atom stereocenters. The van der Waals surface area contributed by atoms with Crippen molar-refractivity contribution in [3.63, 3.8) is 0 Å². The number of piperidine rings is 1. The Labute approximate surface area is 177 Å². The third-order valence-electron chi connectivity index (χ3n) is 7.12. The van der Waals surface area contributed by atoms with Crippen LogP contribution in [0.2, 0.25) is 0 Å². The number of fused-ring (bicyclic) bond motifs is 1. The van der Waals surface area contributed by atoms with Gasteiger partial charge in [0.2, 0.25) is 5.91 Å². The van der Waals surface area contributed by atoms with Crippen LogP contribution >= 0.6 is 0 Å². The van der Waals surface area contributed by atoms with Crippen LogP contribution in [-0.4, -0.2) is 65.7 Å². The van der Waals surface area contributed by atoms with Crippen LogP contribution in [0.25, 0.3) is 10.9 Å². The molecular formula is C23H31N3O4. The molecule has 2 aromatic rings. The number of aryl methyl sites for hydroxylation is 1. The zero-order chi connectivity index (χ0) is 21.3. The molecule has 7 nitrogen and oxygen atoms in total. The molecule has 1 aromatic heterocycles. The number of nitrogens with one attached hydrogen (secondary N) is 1. The van der Waals surface area contributed by atoms with Crippen molar-refractivity contribution in [2.45, 2.75) is 50.6 Å². The number of amides is 1. The molecule has 0 radical (unpaired) electrons. The Hall–Kier alpha value is -2.38. The maximum Gasteiger partial charge on any atom is 0.311 e. The summed E-state index contributed by atoms with van der Waals surface area (Å²) >= 11 is 0. The van der Waals surface area contributed by atoms with Crippen LogP contribution in [0.1, 0.15) is 38.2 Å². The van der Waals surface area contributed by atoms with Gasteiger partial charge in [0.25, 0.3) is 0 Å². The van der Waals surface area contributed by atoms with Gasteiger partial charge in [0.15, 0.2) is 0 Å². The monoisotopic (exact) mass is 413 g/mol. The molecule has 0 aliphatic carbocycles. The van der Waals surface area contributed by atoms with Gasteiger partial charge in [-0.1, -0.05) is 18.2 Å². The second kappa shape index (κ2) is 8.40. The fraction of sp³-hybridized carbons (Fsp3) is 0.565. The molecule has 1 spiro atoms. The van der Waals surface area contributed by atoms with Gasteiger partial charge >= 0.3 is 5.97 Å². The lowest BCUT2D eigenvalue weighted by atomic mass is 9.77. The average Bonchev–Trinajstić information content (AvgIpc) is 3.30. The molecule has 1 N–H and O–H groups in total. The van der Waals surface area contributed by atoms with E-state index in [1.807, 2.05) is 6.07 Å². The lowest BCUT2D eigenvalue weighted by Gasteiger charge is -2.46. The third-order valence-corrected chi connectivity index (χ3v) is 7.12. The van der Waals surface area contributed by atoms with Crippen LogP contribution < -0.4 is 0 Å². The van der Waals surface area contributed by atoms with Crippen molar-refractivity contribution in [3.05, 3.63) is 36.0 Å². The largest absolute Gasteiger partial charge is 0.469 e. The highest BCUT2D eigenvalue weighted by Gasteiger charge is 2.58. The van der Waals surface area contributed by atoms with Crippen LogP contribution in [-0.2, 0) is 25.6 Å². The van der Waals surface area contributed by atoms with Gasteiger partial charge < -0.3 is 14.6 Å². The molecule has 4 rings (SSSR count). The smallest absolute Gasteiger partial charge is 0.311 e. The minimum Gasteiger partial charge on any atom is -0.469 e. The summed E-state index contributed by atoms with van der Waals surface area (Å²) in [7, 11) is 2.90. The van der Waals surface area contributed by atoms with Gasteiger partial charge in [0, 0.05) is 42.7 Å². The molecule has 0 bridgehead atoms. The first-order valence-electron chi connectivity index (χ1n) is 10.7. The first kappa shape index (κ1) is 20.9. The minimum absolute atomic E-state index is 0.131. The van der Waals surface area contributed by atoms with Gasteiger partial charge in [-0.3, -0.25) is 14.4 Å². The SMILES string of the molecule is COC(=O)C1CC(=O)N(OC)C12CCN(C(C)CCc1c[nH]c3ccccc13)CC2. The molecule has 1 aromatic carbocycles. The number of likely N-dealkylation sites (tertiary alicyclic amines) is 1. The maximum absolute atomic E-state index is 12.4. The maximum atomic E-state index is 12.4. The predicted octanol–water partition coefficient (Wildman–Crippen LogP) is 2.91. The second-order valence-electron chi connectivity index (χ2n) is 8.54. The van der Waals surface area contributed by atoms with Crippen molar-refractivity contribution in [3.8, 4) is 0 Å². The molecule has 7 heteroatoms. The van der Waals surface area contributed by atoms with Crippen LogP contribution in [0.5, 0.6) is 0 Å². The van der Waals surface area contributed by atoms with Crippen LogP contribution in [0, 0.1) is 5.92 Å². The molecule has 2 aliphatic heterocycles. The molecule has 0 saturated carbocycles. The summed E-state index contributed by atoms with van der Waals surface area (Å²) in [5.74, 6) is -0.906. The summed E-state index contributed by atoms with van der Waals surface area (Å²) < 4.78 is 5.00. The van der Waals surface area contributed by atoms with Crippen molar-refractivity contribution in [2.75, 3.05) is 27.3 Å². The van der Waals surface area contributed by atoms with Crippen molar-refractivity contribution in [1.29, 1.82) is 0 Å². The number of benzene rings is 1. The third kappa shape index (κ3) is 3.50. The van der Waals surface area contributed by atoms with Gasteiger partial charge in [0.1, 0.15) is 0 Å². The molecule has 1 amide bonds. The van der Waals surface area contributed by atoms with E-state index in [4.69, 9.17) is 9.57 Å². The molecule has 2 aliphatic rings. The van der Waals surface area contributed by atoms with Crippen LogP contribution in [0.3, 0.4) is 0 Å². The van der Waals surface area contributed by atoms with E-state index in [0.717, 1.165) is 25.9 Å². The predicted molar refractivity (Wildman–Crippen MR) is 114 cm³/mol. The van der Waals surface area contributed by atoms with Crippen LogP contribution in [0.4, 0.5) is 0 Å². The standard InChI is InChI=1S/C23H31N3O4/c1-16(8-9-17-15-24-20-7-5-4-6-18(17)20)25-12-10-23(11-13-25)19(22(28)29-2)14-21(27)26(23)30-3/h4-7,15-16,19,24H,8-14H2,1-3H3. The highest BCUT2D eigenvalue weighted by molar-refractivity contribution is 5.88. The highest BCUT2D eigenvalue weighted by atomic mass is 16.7. The summed E-state index contributed by atoms with van der Waals surface area (Å²) in [4.78, 5) is 36.1. The Balaban J connectivity index is 1.40. The first-order valence-corrected chi connectivity index (χ1v) is 10.7. The Bertz CT molecular complexity index is 914. The number of esters is 1. The van der Waals surface area contributed by atoms with E-state index in [2.05, 4.69) is 41.2 Å². The number of hydroxylamine groups is 2. The molecular weight excluding hydrogens is 382 g/mol. The zero-order valence-electron chi connectivity index (χ0n) is 18.0. The minimum atomic E-state index is -0.591. The zero-order valence-corrected chi connectivity index (χ0v) is 18.0. The van der Waals surface area contributed by atoms with Gasteiger partial charge in [0.05, 0.1) is 25.7 Å². The number of ether oxygens (including phenoxy) is 1. The number of carbonyl (C=O) groups excluding carboxylic acids is 2. The van der Waals surface area contributed by atoms with E-state index >= 15 is 0 Å². The van der Waals surface area contributed by atoms with Crippen molar-refractivity contribution < 1.29 is 19.2 Å². The Morgan fingerprint density at radius 3 is 2.70 bits per heavy atom. The highest BCUT2D eigenvalue weighted by Crippen LogP contribution is 2.44. The van der Waals surface area contributed by atoms with E-state index in [-0.39, 0.29) is 18.3 Å². The second-order valence-corrected chi connectivity index (χ2v) is 8.54. The lowest BCUT2D eigenvalue weighted by molar-refractivity contribution is -0.210. The van der Waals surface area contributed by atoms with Crippen molar-refractivity contribution in [2.24, 2.45) is 5.92 Å². The van der Waals surface area contributed by atoms with Gasteiger partial charge in [-0.15, -0.1) is 0 Å². The molecule has 2 unspecified atom stereocenters. The number of methoxy groups -OCH3 is 1. The summed E-state index contributed by atoms with van der Waals surface area (Å²) in [5, 5.41) is 2.74. The number of H-pyrrole nitrogens is 1. The topological polar surface area (TPSA) is 74.9 Å². The van der Waals surface area contributed by atoms with Gasteiger partial charge in [-0.2, -0.15) is 0 Å². The number of hydrogen-bond donors (Lipinski definition) is 1. The fourth-order valence-electron chi connectivity index (χ4n) is 5.35. The van der Waals surface area contributed by atoms with Crippen molar-refractivity contribution >= 4 is 22.8 Å². The Morgan fingerprint density at radius 1 is 1.27 bits per heavy atom. The van der Waals surface area contributed by atoms with Crippen LogP contribution in [0.15, 0.2) is 30.5 Å². The number of hydrogen-bond acceptors (Lipinski definition) is 5. The number of rotatable bonds is 6. The number of para-hydroxylation sites is 1. The number of nitrogens with zero attached hydrogens (tertiary/aromatic N) is 2. The molecule has 3 heterocycles. The van der Waals surface area contributed by atoms with Crippen molar-refractivity contribution in [1.82, 2.24) is 14.9 Å². The van der Waals surface area contributed by atoms with E-state index in [1.165, 1.54) is 35.7 Å².